The molecule has 1 atom stereocenters. The van der Waals surface area contributed by atoms with Gasteiger partial charge in [-0.25, -0.2) is 4.39 Å². The van der Waals surface area contributed by atoms with E-state index in [2.05, 4.69) is 4.40 Å². The molecule has 142 valence electrons. The van der Waals surface area contributed by atoms with Gasteiger partial charge in [0.05, 0.1) is 12.6 Å². The number of sulfonamides is 1. The molecule has 2 aromatic rings. The number of likely N-dealkylation sites (N-methyl/N-ethyl adjacent to an activating group) is 2. The Hall–Kier alpha value is -2.74. The third kappa shape index (κ3) is 3.71. The maximum Gasteiger partial charge on any atom is 0.285 e. The number of hydrogen-bond acceptors (Lipinski definition) is 4. The summed E-state index contributed by atoms with van der Waals surface area (Å²) in [5, 5.41) is 0. The first kappa shape index (κ1) is 19.0. The molecule has 0 aliphatic carbocycles. The van der Waals surface area contributed by atoms with E-state index in [0.29, 0.717) is 5.56 Å². The fraction of sp³-hybridized carbons (Fsp3) is 0.263. The van der Waals surface area contributed by atoms with Crippen molar-refractivity contribution in [3.8, 4) is 0 Å². The smallest absolute Gasteiger partial charge is 0.285 e. The van der Waals surface area contributed by atoms with Crippen molar-refractivity contribution in [2.24, 2.45) is 4.40 Å². The molecule has 6 nitrogen and oxygen atoms in total. The van der Waals surface area contributed by atoms with Crippen LogP contribution in [-0.2, 0) is 14.8 Å². The number of amidine groups is 1. The Morgan fingerprint density at radius 3 is 2.41 bits per heavy atom. The van der Waals surface area contributed by atoms with Gasteiger partial charge in [-0.15, -0.1) is 4.40 Å². The SMILES string of the molecule is CC(c1ccc(F)cc1)N(C)C(=O)CN(C)C1=NS(=O)(=O)c2ccccc21. The van der Waals surface area contributed by atoms with Crippen molar-refractivity contribution in [2.75, 3.05) is 20.6 Å². The van der Waals surface area contributed by atoms with Gasteiger partial charge in [-0.1, -0.05) is 24.3 Å². The van der Waals surface area contributed by atoms with Crippen LogP contribution in [0, 0.1) is 5.82 Å². The summed E-state index contributed by atoms with van der Waals surface area (Å²) >= 11 is 0. The van der Waals surface area contributed by atoms with Crippen LogP contribution in [0.4, 0.5) is 4.39 Å². The fourth-order valence-electron chi connectivity index (χ4n) is 2.93. The molecule has 0 aromatic heterocycles. The van der Waals surface area contributed by atoms with Crippen LogP contribution in [-0.4, -0.2) is 50.6 Å². The molecule has 0 saturated heterocycles. The van der Waals surface area contributed by atoms with Gasteiger partial charge in [-0.05, 0) is 36.8 Å². The van der Waals surface area contributed by atoms with E-state index in [1.165, 1.54) is 23.1 Å². The molecule has 2 aromatic carbocycles. The summed E-state index contributed by atoms with van der Waals surface area (Å²) in [6, 6.07) is 12.3. The van der Waals surface area contributed by atoms with Crippen LogP contribution < -0.4 is 0 Å². The van der Waals surface area contributed by atoms with Crippen LogP contribution in [0.25, 0.3) is 0 Å². The molecule has 0 N–H and O–H groups in total. The molecule has 1 unspecified atom stereocenters. The fourth-order valence-corrected chi connectivity index (χ4v) is 4.19. The van der Waals surface area contributed by atoms with E-state index in [1.54, 1.807) is 49.3 Å². The lowest BCUT2D eigenvalue weighted by atomic mass is 10.1. The van der Waals surface area contributed by atoms with Gasteiger partial charge >= 0.3 is 0 Å². The van der Waals surface area contributed by atoms with Crippen molar-refractivity contribution in [1.29, 1.82) is 0 Å². The zero-order valence-electron chi connectivity index (χ0n) is 15.3. The Kier molecular flexibility index (Phi) is 5.01. The number of halogens is 1. The van der Waals surface area contributed by atoms with Crippen molar-refractivity contribution < 1.29 is 17.6 Å². The normalized spacial score (nSPS) is 15.6. The minimum absolute atomic E-state index is 0.0370. The van der Waals surface area contributed by atoms with E-state index in [1.807, 2.05) is 6.92 Å². The van der Waals surface area contributed by atoms with E-state index >= 15 is 0 Å². The lowest BCUT2D eigenvalue weighted by Gasteiger charge is -2.28. The number of rotatable bonds is 4. The molecule has 8 heteroatoms. The predicted octanol–water partition coefficient (Wildman–Crippen LogP) is 2.43. The van der Waals surface area contributed by atoms with Crippen LogP contribution in [0.3, 0.4) is 0 Å². The van der Waals surface area contributed by atoms with Gasteiger partial charge < -0.3 is 9.80 Å². The van der Waals surface area contributed by atoms with Gasteiger partial charge in [-0.2, -0.15) is 8.42 Å². The van der Waals surface area contributed by atoms with Crippen molar-refractivity contribution in [3.63, 3.8) is 0 Å². The summed E-state index contributed by atoms with van der Waals surface area (Å²) in [7, 11) is -0.446. The lowest BCUT2D eigenvalue weighted by Crippen LogP contribution is -2.40. The third-order valence-corrected chi connectivity index (χ3v) is 6.00. The topological polar surface area (TPSA) is 70.1 Å². The highest BCUT2D eigenvalue weighted by Gasteiger charge is 2.31. The van der Waals surface area contributed by atoms with E-state index in [9.17, 15) is 17.6 Å². The second-order valence-electron chi connectivity index (χ2n) is 6.47. The van der Waals surface area contributed by atoms with E-state index in [4.69, 9.17) is 0 Å². The number of carbonyl (C=O) groups excluding carboxylic acids is 1. The monoisotopic (exact) mass is 389 g/mol. The third-order valence-electron chi connectivity index (χ3n) is 4.67. The second-order valence-corrected chi connectivity index (χ2v) is 8.05. The molecular formula is C19H20FN3O3S. The minimum atomic E-state index is -3.73. The van der Waals surface area contributed by atoms with Gasteiger partial charge in [0.1, 0.15) is 10.7 Å². The average molecular weight is 389 g/mol. The summed E-state index contributed by atoms with van der Waals surface area (Å²) < 4.78 is 41.2. The summed E-state index contributed by atoms with van der Waals surface area (Å²) in [5.74, 6) is -0.292. The number of hydrogen-bond donors (Lipinski definition) is 0. The predicted molar refractivity (Wildman–Crippen MR) is 100 cm³/mol. The zero-order valence-corrected chi connectivity index (χ0v) is 16.1. The summed E-state index contributed by atoms with van der Waals surface area (Å²) in [6.07, 6.45) is 0. The van der Waals surface area contributed by atoms with Gasteiger partial charge in [0.25, 0.3) is 10.0 Å². The van der Waals surface area contributed by atoms with Crippen molar-refractivity contribution in [1.82, 2.24) is 9.80 Å². The van der Waals surface area contributed by atoms with Crippen LogP contribution in [0.15, 0.2) is 57.8 Å². The molecule has 0 bridgehead atoms. The van der Waals surface area contributed by atoms with Gasteiger partial charge in [0.2, 0.25) is 5.91 Å². The first-order chi connectivity index (χ1) is 12.7. The molecule has 1 amide bonds. The van der Waals surface area contributed by atoms with Crippen LogP contribution in [0.5, 0.6) is 0 Å². The molecule has 3 rings (SSSR count). The number of benzene rings is 2. The molecule has 0 saturated carbocycles. The van der Waals surface area contributed by atoms with Crippen molar-refractivity contribution in [3.05, 3.63) is 65.5 Å². The molecular weight excluding hydrogens is 369 g/mol. The molecule has 0 fully saturated rings. The maximum absolute atomic E-state index is 13.1. The molecule has 1 aliphatic rings. The van der Waals surface area contributed by atoms with Crippen LogP contribution in [0.2, 0.25) is 0 Å². The Morgan fingerprint density at radius 2 is 1.74 bits per heavy atom. The van der Waals surface area contributed by atoms with Crippen molar-refractivity contribution in [2.45, 2.75) is 17.9 Å². The van der Waals surface area contributed by atoms with E-state index in [0.717, 1.165) is 5.56 Å². The Morgan fingerprint density at radius 1 is 1.11 bits per heavy atom. The van der Waals surface area contributed by atoms with Gasteiger partial charge in [0.15, 0.2) is 5.84 Å². The largest absolute Gasteiger partial charge is 0.349 e. The van der Waals surface area contributed by atoms with Gasteiger partial charge in [0, 0.05) is 19.7 Å². The quantitative estimate of drug-likeness (QED) is 0.805. The van der Waals surface area contributed by atoms with Gasteiger partial charge in [-0.3, -0.25) is 4.79 Å². The first-order valence-corrected chi connectivity index (χ1v) is 9.81. The zero-order chi connectivity index (χ0) is 19.8. The van der Waals surface area contributed by atoms with Crippen LogP contribution >= 0.6 is 0 Å². The molecule has 0 spiro atoms. The molecule has 1 heterocycles. The number of carbonyl (C=O) groups is 1. The summed E-state index contributed by atoms with van der Waals surface area (Å²) in [6.45, 7) is 1.81. The Bertz CT molecular complexity index is 1000. The lowest BCUT2D eigenvalue weighted by molar-refractivity contribution is -0.131. The molecule has 1 aliphatic heterocycles. The van der Waals surface area contributed by atoms with Crippen molar-refractivity contribution >= 4 is 21.8 Å². The highest BCUT2D eigenvalue weighted by molar-refractivity contribution is 7.90. The number of amides is 1. The minimum Gasteiger partial charge on any atom is -0.349 e. The summed E-state index contributed by atoms with van der Waals surface area (Å²) in [5.41, 5.74) is 1.29. The highest BCUT2D eigenvalue weighted by Crippen LogP contribution is 2.27. The second kappa shape index (κ2) is 7.11. The summed E-state index contributed by atoms with van der Waals surface area (Å²) in [4.78, 5) is 15.9. The maximum atomic E-state index is 13.1. The Balaban J connectivity index is 1.75. The van der Waals surface area contributed by atoms with E-state index < -0.39 is 10.0 Å². The average Bonchev–Trinajstić information content (AvgIpc) is 2.93. The first-order valence-electron chi connectivity index (χ1n) is 8.37. The van der Waals surface area contributed by atoms with Crippen LogP contribution in [0.1, 0.15) is 24.1 Å². The van der Waals surface area contributed by atoms with E-state index in [-0.39, 0.29) is 35.0 Å². The highest BCUT2D eigenvalue weighted by atomic mass is 32.2. The standard InChI is InChI=1S/C19H20FN3O3S/c1-13(14-8-10-15(20)11-9-14)23(3)18(24)12-22(2)19-16-6-4-5-7-17(16)27(25,26)21-19/h4-11,13H,12H2,1-3H3. The number of nitrogens with zero attached hydrogens (tertiary/aromatic N) is 3. The number of fused-ring (bicyclic) bond motifs is 1. The molecule has 0 radical (unpaired) electrons. The Labute approximate surface area is 158 Å². The molecule has 27 heavy (non-hydrogen) atoms.